The van der Waals surface area contributed by atoms with Crippen molar-refractivity contribution in [2.24, 2.45) is 0 Å². The summed E-state index contributed by atoms with van der Waals surface area (Å²) < 4.78 is 0.872. The molecule has 0 bridgehead atoms. The molecule has 2 aromatic rings. The number of carbonyl (C=O) groups is 2. The van der Waals surface area contributed by atoms with Crippen molar-refractivity contribution in [1.82, 2.24) is 0 Å². The van der Waals surface area contributed by atoms with E-state index in [2.05, 4.69) is 21.2 Å². The second-order valence-electron chi connectivity index (χ2n) is 3.82. The number of rotatable bonds is 4. The molecule has 1 aromatic heterocycles. The summed E-state index contributed by atoms with van der Waals surface area (Å²) in [4.78, 5) is 22.8. The number of benzene rings is 1. The van der Waals surface area contributed by atoms with E-state index in [0.717, 1.165) is 3.79 Å². The van der Waals surface area contributed by atoms with Crippen LogP contribution in [0.4, 0.5) is 5.69 Å². The van der Waals surface area contributed by atoms with Gasteiger partial charge in [0.25, 0.3) is 5.91 Å². The number of hydrogen-bond acceptors (Lipinski definition) is 3. The summed E-state index contributed by atoms with van der Waals surface area (Å²) >= 11 is 4.71. The van der Waals surface area contributed by atoms with Crippen LogP contribution in [-0.2, 0) is 11.2 Å². The molecule has 2 rings (SSSR count). The number of halogens is 1. The van der Waals surface area contributed by atoms with Crippen LogP contribution in [0.25, 0.3) is 0 Å². The lowest BCUT2D eigenvalue weighted by atomic mass is 10.1. The van der Waals surface area contributed by atoms with Crippen LogP contribution in [-0.4, -0.2) is 17.0 Å². The number of carboxylic acids is 1. The second kappa shape index (κ2) is 5.99. The lowest BCUT2D eigenvalue weighted by Crippen LogP contribution is -2.13. The van der Waals surface area contributed by atoms with Crippen molar-refractivity contribution in [3.05, 3.63) is 50.6 Å². The van der Waals surface area contributed by atoms with Crippen LogP contribution in [0.1, 0.15) is 15.9 Å². The molecule has 0 radical (unpaired) electrons. The van der Waals surface area contributed by atoms with Crippen LogP contribution < -0.4 is 5.32 Å². The fraction of sp³-hybridized carbons (Fsp3) is 0.0769. The number of para-hydroxylation sites is 1. The number of nitrogens with one attached hydrogen (secondary N) is 1. The van der Waals surface area contributed by atoms with E-state index in [0.29, 0.717) is 16.8 Å². The van der Waals surface area contributed by atoms with E-state index in [1.54, 1.807) is 35.7 Å². The fourth-order valence-corrected chi connectivity index (χ4v) is 2.72. The number of aliphatic carboxylic acids is 1. The maximum Gasteiger partial charge on any atom is 0.307 e. The molecule has 2 N–H and O–H groups in total. The summed E-state index contributed by atoms with van der Waals surface area (Å²) in [7, 11) is 0. The summed E-state index contributed by atoms with van der Waals surface area (Å²) in [5.41, 5.74) is 1.65. The van der Waals surface area contributed by atoms with Gasteiger partial charge in [-0.2, -0.15) is 0 Å². The summed E-state index contributed by atoms with van der Waals surface area (Å²) in [6.45, 7) is 0. The number of thiophene rings is 1. The predicted octanol–water partition coefficient (Wildman–Crippen LogP) is 3.39. The Morgan fingerprint density at radius 2 is 2.05 bits per heavy atom. The highest BCUT2D eigenvalue weighted by Gasteiger charge is 2.12. The quantitative estimate of drug-likeness (QED) is 0.897. The Kier molecular flexibility index (Phi) is 4.34. The van der Waals surface area contributed by atoms with Gasteiger partial charge in [-0.3, -0.25) is 9.59 Å². The first-order chi connectivity index (χ1) is 9.06. The fourth-order valence-electron chi connectivity index (χ4n) is 1.58. The van der Waals surface area contributed by atoms with Gasteiger partial charge in [0.05, 0.1) is 15.8 Å². The molecule has 1 amide bonds. The van der Waals surface area contributed by atoms with Gasteiger partial charge in [0.1, 0.15) is 0 Å². The minimum absolute atomic E-state index is 0.121. The highest BCUT2D eigenvalue weighted by atomic mass is 79.9. The van der Waals surface area contributed by atoms with Crippen LogP contribution in [0.2, 0.25) is 0 Å². The van der Waals surface area contributed by atoms with E-state index in [9.17, 15) is 9.59 Å². The molecule has 0 aliphatic heterocycles. The molecule has 0 aliphatic rings. The van der Waals surface area contributed by atoms with Crippen LogP contribution in [0.15, 0.2) is 39.5 Å². The predicted molar refractivity (Wildman–Crippen MR) is 77.8 cm³/mol. The number of anilines is 1. The first kappa shape index (κ1) is 13.8. The van der Waals surface area contributed by atoms with Gasteiger partial charge in [-0.15, -0.1) is 11.3 Å². The van der Waals surface area contributed by atoms with Crippen LogP contribution >= 0.6 is 27.3 Å². The summed E-state index contributed by atoms with van der Waals surface area (Å²) in [5.74, 6) is -1.18. The van der Waals surface area contributed by atoms with Crippen LogP contribution in [0, 0.1) is 0 Å². The third kappa shape index (κ3) is 3.65. The molecule has 4 nitrogen and oxygen atoms in total. The van der Waals surface area contributed by atoms with E-state index in [-0.39, 0.29) is 12.3 Å². The summed E-state index contributed by atoms with van der Waals surface area (Å²) in [5, 5.41) is 13.3. The molecule has 1 heterocycles. The summed E-state index contributed by atoms with van der Waals surface area (Å²) in [6, 6.07) is 8.60. The number of amides is 1. The Balaban J connectivity index is 2.19. The first-order valence-electron chi connectivity index (χ1n) is 5.41. The van der Waals surface area contributed by atoms with Crippen LogP contribution in [0.5, 0.6) is 0 Å². The monoisotopic (exact) mass is 339 g/mol. The minimum atomic E-state index is -0.931. The zero-order valence-corrected chi connectivity index (χ0v) is 12.1. The van der Waals surface area contributed by atoms with Crippen molar-refractivity contribution in [3.63, 3.8) is 0 Å². The normalized spacial score (nSPS) is 10.2. The second-order valence-corrected chi connectivity index (χ2v) is 6.11. The topological polar surface area (TPSA) is 66.4 Å². The van der Waals surface area contributed by atoms with Crippen molar-refractivity contribution >= 4 is 44.8 Å². The lowest BCUT2D eigenvalue weighted by Gasteiger charge is -2.08. The van der Waals surface area contributed by atoms with E-state index in [4.69, 9.17) is 5.11 Å². The molecule has 0 aliphatic carbocycles. The average molecular weight is 340 g/mol. The van der Waals surface area contributed by atoms with Crippen molar-refractivity contribution in [2.75, 3.05) is 5.32 Å². The molecule has 1 aromatic carbocycles. The van der Waals surface area contributed by atoms with Gasteiger partial charge < -0.3 is 10.4 Å². The lowest BCUT2D eigenvalue weighted by molar-refractivity contribution is -0.136. The third-order valence-electron chi connectivity index (χ3n) is 2.44. The minimum Gasteiger partial charge on any atom is -0.481 e. The van der Waals surface area contributed by atoms with Gasteiger partial charge in [-0.25, -0.2) is 0 Å². The molecule has 6 heteroatoms. The van der Waals surface area contributed by atoms with Gasteiger partial charge in [0, 0.05) is 11.1 Å². The zero-order chi connectivity index (χ0) is 13.8. The molecule has 0 spiro atoms. The Bertz CT molecular complexity index is 624. The van der Waals surface area contributed by atoms with E-state index in [1.165, 1.54) is 11.3 Å². The van der Waals surface area contributed by atoms with Crippen molar-refractivity contribution in [1.29, 1.82) is 0 Å². The molecule has 0 saturated heterocycles. The molecule has 0 fully saturated rings. The summed E-state index contributed by atoms with van der Waals surface area (Å²) in [6.07, 6.45) is -0.121. The molecule has 0 unspecified atom stereocenters. The van der Waals surface area contributed by atoms with Crippen molar-refractivity contribution in [2.45, 2.75) is 6.42 Å². The van der Waals surface area contributed by atoms with Gasteiger partial charge in [-0.05, 0) is 33.6 Å². The molecule has 0 saturated carbocycles. The number of carbonyl (C=O) groups excluding carboxylic acids is 1. The number of hydrogen-bond donors (Lipinski definition) is 2. The van der Waals surface area contributed by atoms with Gasteiger partial charge in [0.15, 0.2) is 0 Å². The Morgan fingerprint density at radius 3 is 2.68 bits per heavy atom. The Hall–Kier alpha value is -1.66. The van der Waals surface area contributed by atoms with E-state index in [1.807, 2.05) is 0 Å². The maximum absolute atomic E-state index is 12.0. The first-order valence-corrected chi connectivity index (χ1v) is 7.08. The van der Waals surface area contributed by atoms with Crippen molar-refractivity contribution < 1.29 is 14.7 Å². The maximum atomic E-state index is 12.0. The SMILES string of the molecule is O=C(O)Cc1ccccc1NC(=O)c1csc(Br)c1. The molecule has 19 heavy (non-hydrogen) atoms. The molecule has 98 valence electrons. The molecular weight excluding hydrogens is 330 g/mol. The van der Waals surface area contributed by atoms with Gasteiger partial charge in [0.2, 0.25) is 0 Å². The van der Waals surface area contributed by atoms with Crippen molar-refractivity contribution in [3.8, 4) is 0 Å². The van der Waals surface area contributed by atoms with E-state index >= 15 is 0 Å². The number of carboxylic acid groups (broad SMARTS) is 1. The van der Waals surface area contributed by atoms with Gasteiger partial charge in [-0.1, -0.05) is 18.2 Å². The van der Waals surface area contributed by atoms with Gasteiger partial charge >= 0.3 is 5.97 Å². The Morgan fingerprint density at radius 1 is 1.32 bits per heavy atom. The third-order valence-corrected chi connectivity index (χ3v) is 3.94. The highest BCUT2D eigenvalue weighted by molar-refractivity contribution is 9.11. The molecule has 0 atom stereocenters. The largest absolute Gasteiger partial charge is 0.481 e. The highest BCUT2D eigenvalue weighted by Crippen LogP contribution is 2.22. The Labute approximate surface area is 122 Å². The smallest absolute Gasteiger partial charge is 0.307 e. The van der Waals surface area contributed by atoms with E-state index < -0.39 is 5.97 Å². The molecular formula is C13H10BrNO3S. The average Bonchev–Trinajstić information content (AvgIpc) is 2.78. The standard InChI is InChI=1S/C13H10BrNO3S/c14-11-5-9(7-19-11)13(18)15-10-4-2-1-3-8(10)6-12(16)17/h1-5,7H,6H2,(H,15,18)(H,16,17). The zero-order valence-electron chi connectivity index (χ0n) is 9.72. The van der Waals surface area contributed by atoms with Crippen LogP contribution in [0.3, 0.4) is 0 Å².